The van der Waals surface area contributed by atoms with Crippen molar-refractivity contribution in [2.75, 3.05) is 13.1 Å². The van der Waals surface area contributed by atoms with E-state index in [0.29, 0.717) is 12.0 Å². The van der Waals surface area contributed by atoms with Gasteiger partial charge in [-0.15, -0.1) is 0 Å². The van der Waals surface area contributed by atoms with Crippen LogP contribution in [0, 0.1) is 11.8 Å². The van der Waals surface area contributed by atoms with Gasteiger partial charge in [-0.05, 0) is 49.1 Å². The molecule has 0 bridgehead atoms. The van der Waals surface area contributed by atoms with Gasteiger partial charge in [0.2, 0.25) is 11.8 Å². The molecule has 2 amide bonds. The summed E-state index contributed by atoms with van der Waals surface area (Å²) in [5, 5.41) is 0. The van der Waals surface area contributed by atoms with Crippen LogP contribution in [0.4, 0.5) is 0 Å². The average Bonchev–Trinajstić information content (AvgIpc) is 3.46. The van der Waals surface area contributed by atoms with Crippen LogP contribution in [0.5, 0.6) is 0 Å². The van der Waals surface area contributed by atoms with Crippen LogP contribution in [0.1, 0.15) is 57.6 Å². The van der Waals surface area contributed by atoms with E-state index in [9.17, 15) is 9.59 Å². The molecular formula is C22H32N2O2. The van der Waals surface area contributed by atoms with Gasteiger partial charge < -0.3 is 9.80 Å². The summed E-state index contributed by atoms with van der Waals surface area (Å²) in [4.78, 5) is 27.9. The van der Waals surface area contributed by atoms with E-state index in [2.05, 4.69) is 29.2 Å². The molecule has 142 valence electrons. The summed E-state index contributed by atoms with van der Waals surface area (Å²) in [5.74, 6) is 1.20. The summed E-state index contributed by atoms with van der Waals surface area (Å²) in [6, 6.07) is 9.26. The fourth-order valence-electron chi connectivity index (χ4n) is 3.87. The number of amides is 2. The first-order chi connectivity index (χ1) is 12.4. The molecule has 0 unspecified atom stereocenters. The molecule has 1 aromatic rings. The van der Waals surface area contributed by atoms with Crippen molar-refractivity contribution >= 4 is 11.8 Å². The van der Waals surface area contributed by atoms with Crippen molar-refractivity contribution < 1.29 is 9.59 Å². The lowest BCUT2D eigenvalue weighted by molar-refractivity contribution is -0.135. The molecular weight excluding hydrogens is 324 g/mol. The Morgan fingerprint density at radius 3 is 2.12 bits per heavy atom. The predicted molar refractivity (Wildman–Crippen MR) is 104 cm³/mol. The molecule has 4 nitrogen and oxygen atoms in total. The number of benzene rings is 1. The fraction of sp³-hybridized carbons (Fsp3) is 0.636. The topological polar surface area (TPSA) is 40.6 Å². The quantitative estimate of drug-likeness (QED) is 0.781. The minimum absolute atomic E-state index is 0.0655. The summed E-state index contributed by atoms with van der Waals surface area (Å²) in [6.07, 6.45) is 5.58. The van der Waals surface area contributed by atoms with E-state index in [4.69, 9.17) is 0 Å². The van der Waals surface area contributed by atoms with E-state index in [1.165, 1.54) is 11.1 Å². The van der Waals surface area contributed by atoms with Gasteiger partial charge in [-0.25, -0.2) is 0 Å². The Kier molecular flexibility index (Phi) is 6.00. The molecule has 0 radical (unpaired) electrons. The summed E-state index contributed by atoms with van der Waals surface area (Å²) >= 11 is 0. The molecule has 0 N–H and O–H groups in total. The number of hydrogen-bond donors (Lipinski definition) is 0. The molecule has 1 aliphatic carbocycles. The smallest absolute Gasteiger partial charge is 0.225 e. The first-order valence-corrected chi connectivity index (χ1v) is 10.1. The molecule has 2 aliphatic rings. The van der Waals surface area contributed by atoms with E-state index in [1.54, 1.807) is 6.92 Å². The Morgan fingerprint density at radius 1 is 1.04 bits per heavy atom. The summed E-state index contributed by atoms with van der Waals surface area (Å²) < 4.78 is 0. The van der Waals surface area contributed by atoms with Gasteiger partial charge >= 0.3 is 0 Å². The third-order valence-corrected chi connectivity index (χ3v) is 5.72. The van der Waals surface area contributed by atoms with Crippen molar-refractivity contribution in [3.8, 4) is 0 Å². The Balaban J connectivity index is 1.53. The second-order valence-corrected chi connectivity index (χ2v) is 8.32. The van der Waals surface area contributed by atoms with Crippen LogP contribution in [0.2, 0.25) is 0 Å². The van der Waals surface area contributed by atoms with Gasteiger partial charge in [-0.1, -0.05) is 38.1 Å². The molecule has 4 heteroatoms. The number of carbonyl (C=O) groups is 2. The molecule has 26 heavy (non-hydrogen) atoms. The minimum atomic E-state index is 0.0655. The molecule has 1 heterocycles. The lowest BCUT2D eigenvalue weighted by Crippen LogP contribution is -2.37. The number of nitrogens with zero attached hydrogens (tertiary/aromatic N) is 2. The van der Waals surface area contributed by atoms with E-state index in [1.807, 2.05) is 18.7 Å². The van der Waals surface area contributed by atoms with Crippen molar-refractivity contribution in [2.45, 2.75) is 65.5 Å². The van der Waals surface area contributed by atoms with Gasteiger partial charge in [0.25, 0.3) is 0 Å². The molecule has 0 spiro atoms. The Hall–Kier alpha value is -1.84. The Bertz CT molecular complexity index is 626. The highest BCUT2D eigenvalue weighted by Crippen LogP contribution is 2.30. The largest absolute Gasteiger partial charge is 0.343 e. The standard InChI is InChI=1S/C22H32N2O2/c1-16(2)22(26)24(21-8-9-21)15-20-6-4-18(5-7-20)14-19-10-12-23(13-11-19)17(3)25/h4-7,16,19,21H,8-15H2,1-3H3. The van der Waals surface area contributed by atoms with Gasteiger partial charge in [0.15, 0.2) is 0 Å². The normalized spacial score (nSPS) is 18.2. The molecule has 0 aromatic heterocycles. The molecule has 2 fully saturated rings. The first-order valence-electron chi connectivity index (χ1n) is 10.1. The molecule has 1 saturated carbocycles. The maximum Gasteiger partial charge on any atom is 0.225 e. The zero-order chi connectivity index (χ0) is 18.7. The monoisotopic (exact) mass is 356 g/mol. The third-order valence-electron chi connectivity index (χ3n) is 5.72. The van der Waals surface area contributed by atoms with Crippen LogP contribution in [-0.4, -0.2) is 40.7 Å². The van der Waals surface area contributed by atoms with E-state index < -0.39 is 0 Å². The van der Waals surface area contributed by atoms with E-state index in [0.717, 1.165) is 51.7 Å². The van der Waals surface area contributed by atoms with Gasteiger partial charge in [0, 0.05) is 38.5 Å². The van der Waals surface area contributed by atoms with Gasteiger partial charge in [0.1, 0.15) is 0 Å². The molecule has 1 saturated heterocycles. The first kappa shape index (κ1) is 18.9. The molecule has 0 atom stereocenters. The lowest BCUT2D eigenvalue weighted by Gasteiger charge is -2.31. The zero-order valence-electron chi connectivity index (χ0n) is 16.4. The fourth-order valence-corrected chi connectivity index (χ4v) is 3.87. The van der Waals surface area contributed by atoms with Crippen molar-refractivity contribution in [3.05, 3.63) is 35.4 Å². The highest BCUT2D eigenvalue weighted by Gasteiger charge is 2.33. The average molecular weight is 357 g/mol. The van der Waals surface area contributed by atoms with Gasteiger partial charge in [-0.2, -0.15) is 0 Å². The number of likely N-dealkylation sites (tertiary alicyclic amines) is 1. The van der Waals surface area contributed by atoms with Crippen LogP contribution < -0.4 is 0 Å². The Morgan fingerprint density at radius 2 is 1.62 bits per heavy atom. The number of carbonyl (C=O) groups excluding carboxylic acids is 2. The van der Waals surface area contributed by atoms with E-state index >= 15 is 0 Å². The summed E-state index contributed by atoms with van der Waals surface area (Å²) in [7, 11) is 0. The van der Waals surface area contributed by atoms with Crippen molar-refractivity contribution in [1.29, 1.82) is 0 Å². The number of rotatable bonds is 6. The van der Waals surface area contributed by atoms with Crippen molar-refractivity contribution in [1.82, 2.24) is 9.80 Å². The lowest BCUT2D eigenvalue weighted by atomic mass is 9.90. The minimum Gasteiger partial charge on any atom is -0.343 e. The highest BCUT2D eigenvalue weighted by atomic mass is 16.2. The predicted octanol–water partition coefficient (Wildman–Crippen LogP) is 3.63. The molecule has 1 aromatic carbocycles. The van der Waals surface area contributed by atoms with Gasteiger partial charge in [0.05, 0.1) is 0 Å². The summed E-state index contributed by atoms with van der Waals surface area (Å²) in [5.41, 5.74) is 2.59. The molecule has 1 aliphatic heterocycles. The maximum atomic E-state index is 12.4. The Labute approximate surface area is 157 Å². The van der Waals surface area contributed by atoms with Crippen LogP contribution in [0.25, 0.3) is 0 Å². The third kappa shape index (κ3) is 4.87. The van der Waals surface area contributed by atoms with Crippen LogP contribution in [-0.2, 0) is 22.6 Å². The van der Waals surface area contributed by atoms with Crippen molar-refractivity contribution in [3.63, 3.8) is 0 Å². The van der Waals surface area contributed by atoms with Gasteiger partial charge in [-0.3, -0.25) is 9.59 Å². The highest BCUT2D eigenvalue weighted by molar-refractivity contribution is 5.78. The second kappa shape index (κ2) is 8.24. The molecule has 3 rings (SSSR count). The summed E-state index contributed by atoms with van der Waals surface area (Å²) in [6.45, 7) is 8.15. The number of piperidine rings is 1. The van der Waals surface area contributed by atoms with Crippen LogP contribution in [0.3, 0.4) is 0 Å². The second-order valence-electron chi connectivity index (χ2n) is 8.32. The SMILES string of the molecule is CC(=O)N1CCC(Cc2ccc(CN(C(=O)C(C)C)C3CC3)cc2)CC1. The zero-order valence-corrected chi connectivity index (χ0v) is 16.4. The number of hydrogen-bond acceptors (Lipinski definition) is 2. The van der Waals surface area contributed by atoms with E-state index in [-0.39, 0.29) is 17.7 Å². The van der Waals surface area contributed by atoms with Crippen LogP contribution >= 0.6 is 0 Å². The maximum absolute atomic E-state index is 12.4. The van der Waals surface area contributed by atoms with Crippen molar-refractivity contribution in [2.24, 2.45) is 11.8 Å². The van der Waals surface area contributed by atoms with Crippen LogP contribution in [0.15, 0.2) is 24.3 Å².